The first-order valence-electron chi connectivity index (χ1n) is 11.2. The lowest BCUT2D eigenvalue weighted by molar-refractivity contribution is -0.124. The van der Waals surface area contributed by atoms with Crippen molar-refractivity contribution in [2.45, 2.75) is 116 Å². The first kappa shape index (κ1) is 27.2. The van der Waals surface area contributed by atoms with Gasteiger partial charge in [0, 0.05) is 19.3 Å². The molecule has 0 fully saturated rings. The van der Waals surface area contributed by atoms with Crippen molar-refractivity contribution >= 4 is 21.7 Å². The Bertz CT molecular complexity index is 541. The van der Waals surface area contributed by atoms with Crippen LogP contribution in [0.15, 0.2) is 0 Å². The van der Waals surface area contributed by atoms with E-state index in [0.29, 0.717) is 24.7 Å². The van der Waals surface area contributed by atoms with Gasteiger partial charge in [-0.1, -0.05) is 79.1 Å². The number of ketones is 2. The minimum atomic E-state index is -4.81. The number of rotatable bonds is 18. The van der Waals surface area contributed by atoms with Gasteiger partial charge in [-0.05, 0) is 24.7 Å². The molecule has 0 rings (SSSR count). The van der Waals surface area contributed by atoms with Crippen LogP contribution < -0.4 is 0 Å². The average molecular weight is 418 g/mol. The molecule has 3 atom stereocenters. The minimum Gasteiger partial charge on any atom is -0.747 e. The van der Waals surface area contributed by atoms with Gasteiger partial charge >= 0.3 is 0 Å². The van der Waals surface area contributed by atoms with E-state index in [2.05, 4.69) is 27.7 Å². The summed E-state index contributed by atoms with van der Waals surface area (Å²) < 4.78 is 34.8. The molecule has 0 aliphatic carbocycles. The van der Waals surface area contributed by atoms with Crippen LogP contribution in [0.3, 0.4) is 0 Å². The molecule has 0 spiro atoms. The van der Waals surface area contributed by atoms with Crippen molar-refractivity contribution < 1.29 is 22.6 Å². The van der Waals surface area contributed by atoms with E-state index in [0.717, 1.165) is 51.4 Å². The van der Waals surface area contributed by atoms with E-state index >= 15 is 0 Å². The highest BCUT2D eigenvalue weighted by atomic mass is 32.2. The van der Waals surface area contributed by atoms with Crippen molar-refractivity contribution in [2.24, 2.45) is 11.8 Å². The molecule has 3 unspecified atom stereocenters. The number of unbranched alkanes of at least 4 members (excludes halogenated alkanes) is 2. The van der Waals surface area contributed by atoms with Gasteiger partial charge in [0.1, 0.15) is 26.9 Å². The fraction of sp³-hybridized carbons (Fsp3) is 0.909. The third-order valence-electron chi connectivity index (χ3n) is 5.84. The molecule has 0 radical (unpaired) electrons. The summed E-state index contributed by atoms with van der Waals surface area (Å²) in [5.74, 6) is -0.0775. The Kier molecular flexibility index (Phi) is 14.7. The third-order valence-corrected chi connectivity index (χ3v) is 6.96. The van der Waals surface area contributed by atoms with Gasteiger partial charge in [0.15, 0.2) is 0 Å². The van der Waals surface area contributed by atoms with Gasteiger partial charge in [-0.2, -0.15) is 0 Å². The standard InChI is InChI=1S/C22H42O5S/c1-5-9-11-18(7-3)13-15-20(23)17-22(28(25,26)27)21(24)16-14-19(8-4)12-10-6-2/h18-19,22H,5-17H2,1-4H3,(H,25,26,27)/p-1. The number of Topliss-reactive ketones (excluding diaryl/α,β-unsaturated/α-hetero) is 2. The van der Waals surface area contributed by atoms with E-state index < -0.39 is 27.6 Å². The molecule has 0 saturated heterocycles. The second-order valence-electron chi connectivity index (χ2n) is 8.10. The van der Waals surface area contributed by atoms with Crippen molar-refractivity contribution in [3.8, 4) is 0 Å². The summed E-state index contributed by atoms with van der Waals surface area (Å²) >= 11 is 0. The van der Waals surface area contributed by atoms with Crippen molar-refractivity contribution in [3.63, 3.8) is 0 Å². The lowest BCUT2D eigenvalue weighted by Gasteiger charge is -2.21. The maximum atomic E-state index is 12.4. The van der Waals surface area contributed by atoms with E-state index in [1.54, 1.807) is 0 Å². The Labute approximate surface area is 172 Å². The predicted molar refractivity (Wildman–Crippen MR) is 113 cm³/mol. The summed E-state index contributed by atoms with van der Waals surface area (Å²) in [4.78, 5) is 24.7. The molecule has 0 aromatic carbocycles. The van der Waals surface area contributed by atoms with Crippen LogP contribution in [-0.2, 0) is 19.7 Å². The zero-order chi connectivity index (χ0) is 21.6. The summed E-state index contributed by atoms with van der Waals surface area (Å²) in [6.07, 6.45) is 9.47. The molecule has 6 heteroatoms. The lowest BCUT2D eigenvalue weighted by Crippen LogP contribution is -2.33. The maximum absolute atomic E-state index is 12.4. The average Bonchev–Trinajstić information content (AvgIpc) is 2.65. The Morgan fingerprint density at radius 1 is 0.786 bits per heavy atom. The summed E-state index contributed by atoms with van der Waals surface area (Å²) in [7, 11) is -4.81. The van der Waals surface area contributed by atoms with Crippen molar-refractivity contribution in [1.82, 2.24) is 0 Å². The molecule has 28 heavy (non-hydrogen) atoms. The van der Waals surface area contributed by atoms with E-state index in [1.165, 1.54) is 0 Å². The van der Waals surface area contributed by atoms with Crippen molar-refractivity contribution in [2.75, 3.05) is 0 Å². The molecule has 0 N–H and O–H groups in total. The van der Waals surface area contributed by atoms with E-state index in [4.69, 9.17) is 0 Å². The van der Waals surface area contributed by atoms with Gasteiger partial charge in [-0.3, -0.25) is 9.59 Å². The van der Waals surface area contributed by atoms with Crippen molar-refractivity contribution in [1.29, 1.82) is 0 Å². The van der Waals surface area contributed by atoms with Gasteiger partial charge in [0.05, 0.1) is 0 Å². The van der Waals surface area contributed by atoms with Crippen LogP contribution in [0.1, 0.15) is 111 Å². The number of hydrogen-bond donors (Lipinski definition) is 0. The van der Waals surface area contributed by atoms with Crippen molar-refractivity contribution in [3.05, 3.63) is 0 Å². The van der Waals surface area contributed by atoms with Gasteiger partial charge in [-0.15, -0.1) is 0 Å². The number of hydrogen-bond acceptors (Lipinski definition) is 5. The highest BCUT2D eigenvalue weighted by molar-refractivity contribution is 7.87. The van der Waals surface area contributed by atoms with Crippen LogP contribution in [0, 0.1) is 11.8 Å². The molecule has 0 aliphatic heterocycles. The zero-order valence-corrected chi connectivity index (χ0v) is 19.2. The molecule has 5 nitrogen and oxygen atoms in total. The molecular formula is C22H41O5S-. The van der Waals surface area contributed by atoms with E-state index in [1.807, 2.05) is 0 Å². The third kappa shape index (κ3) is 11.9. The molecule has 0 aliphatic rings. The first-order chi connectivity index (χ1) is 13.2. The highest BCUT2D eigenvalue weighted by Crippen LogP contribution is 2.22. The molecule has 166 valence electrons. The topological polar surface area (TPSA) is 91.3 Å². The number of carbonyl (C=O) groups excluding carboxylic acids is 2. The Morgan fingerprint density at radius 3 is 1.64 bits per heavy atom. The zero-order valence-electron chi connectivity index (χ0n) is 18.4. The molecule has 0 bridgehead atoms. The predicted octanol–water partition coefficient (Wildman–Crippen LogP) is 5.42. The summed E-state index contributed by atoms with van der Waals surface area (Å²) in [5, 5.41) is -1.71. The van der Waals surface area contributed by atoms with Crippen LogP contribution in [-0.4, -0.2) is 29.8 Å². The molecular weight excluding hydrogens is 376 g/mol. The minimum absolute atomic E-state index is 0.0652. The van der Waals surface area contributed by atoms with Gasteiger partial charge in [-0.25, -0.2) is 8.42 Å². The molecule has 0 amide bonds. The highest BCUT2D eigenvalue weighted by Gasteiger charge is 2.28. The van der Waals surface area contributed by atoms with Crippen LogP contribution >= 0.6 is 0 Å². The SMILES string of the molecule is CCCCC(CC)CCC(=O)CC(C(=O)CCC(CC)CCCC)S(=O)(=O)[O-]. The van der Waals surface area contributed by atoms with Crippen LogP contribution in [0.25, 0.3) is 0 Å². The molecule has 0 heterocycles. The Hall–Kier alpha value is -0.750. The Morgan fingerprint density at radius 2 is 1.25 bits per heavy atom. The smallest absolute Gasteiger partial charge is 0.150 e. The largest absolute Gasteiger partial charge is 0.747 e. The van der Waals surface area contributed by atoms with E-state index in [9.17, 15) is 22.6 Å². The van der Waals surface area contributed by atoms with Gasteiger partial charge in [0.2, 0.25) is 0 Å². The maximum Gasteiger partial charge on any atom is 0.150 e. The lowest BCUT2D eigenvalue weighted by atomic mass is 9.91. The first-order valence-corrected chi connectivity index (χ1v) is 12.7. The van der Waals surface area contributed by atoms with Crippen LogP contribution in [0.5, 0.6) is 0 Å². The normalized spacial score (nSPS) is 15.2. The fourth-order valence-corrected chi connectivity index (χ4v) is 4.48. The molecule has 0 saturated carbocycles. The molecule has 0 aromatic heterocycles. The quantitative estimate of drug-likeness (QED) is 0.278. The summed E-state index contributed by atoms with van der Waals surface area (Å²) in [6, 6.07) is 0. The fourth-order valence-electron chi connectivity index (χ4n) is 3.65. The Balaban J connectivity index is 4.73. The van der Waals surface area contributed by atoms with Crippen LogP contribution in [0.2, 0.25) is 0 Å². The monoisotopic (exact) mass is 417 g/mol. The summed E-state index contributed by atoms with van der Waals surface area (Å²) in [5.41, 5.74) is 0. The van der Waals surface area contributed by atoms with E-state index in [-0.39, 0.29) is 18.6 Å². The second kappa shape index (κ2) is 15.1. The number of carbonyl (C=O) groups is 2. The van der Waals surface area contributed by atoms with Gasteiger partial charge < -0.3 is 4.55 Å². The summed E-state index contributed by atoms with van der Waals surface area (Å²) in [6.45, 7) is 8.37. The van der Waals surface area contributed by atoms with Crippen LogP contribution in [0.4, 0.5) is 0 Å². The second-order valence-corrected chi connectivity index (χ2v) is 9.66. The van der Waals surface area contributed by atoms with Gasteiger partial charge in [0.25, 0.3) is 0 Å². The molecule has 0 aromatic rings.